The van der Waals surface area contributed by atoms with Gasteiger partial charge in [-0.15, -0.1) is 0 Å². The predicted octanol–water partition coefficient (Wildman–Crippen LogP) is 4.56. The van der Waals surface area contributed by atoms with Crippen molar-refractivity contribution in [2.45, 2.75) is 6.92 Å². The first-order valence-corrected chi connectivity index (χ1v) is 14.4. The number of rotatable bonds is 11. The molecule has 4 amide bonds. The molecule has 3 aromatic rings. The van der Waals surface area contributed by atoms with Crippen molar-refractivity contribution in [3.63, 3.8) is 0 Å². The highest BCUT2D eigenvalue weighted by molar-refractivity contribution is 8.18. The van der Waals surface area contributed by atoms with Crippen LogP contribution in [0, 0.1) is 0 Å². The summed E-state index contributed by atoms with van der Waals surface area (Å²) in [7, 11) is 1.44. The normalized spacial score (nSPS) is 14.8. The molecular weight excluding hydrogens is 590 g/mol. The summed E-state index contributed by atoms with van der Waals surface area (Å²) in [5.74, 6) is 0.721. The van der Waals surface area contributed by atoms with E-state index in [2.05, 4.69) is 10.6 Å². The molecule has 44 heavy (non-hydrogen) atoms. The summed E-state index contributed by atoms with van der Waals surface area (Å²) < 4.78 is 27.6. The maximum atomic E-state index is 13.0. The number of amides is 4. The van der Waals surface area contributed by atoms with Gasteiger partial charge in [0.1, 0.15) is 25.5 Å². The molecule has 0 spiro atoms. The second kappa shape index (κ2) is 13.9. The van der Waals surface area contributed by atoms with Crippen LogP contribution in [0.2, 0.25) is 0 Å². The molecule has 2 heterocycles. The van der Waals surface area contributed by atoms with E-state index < -0.39 is 29.5 Å². The monoisotopic (exact) mass is 619 g/mol. The van der Waals surface area contributed by atoms with Crippen molar-refractivity contribution in [1.29, 1.82) is 0 Å². The standard InChI is InChI=1S/C31H29N3O9S/c1-3-40-22-7-5-4-6-21(22)33-29(36)18-43-23-10-8-19(14-25(23)39-2)15-27-30(37)34(31(38)44-27)17-28(35)32-20-9-11-24-26(16-20)42-13-12-41-24/h4-11,14-16H,3,12-13,17-18H2,1-2H3,(H,32,35)(H,33,36)/b27-15+. The number of nitrogens with one attached hydrogen (secondary N) is 2. The topological polar surface area (TPSA) is 142 Å². The number of para-hydroxylation sites is 2. The van der Waals surface area contributed by atoms with Gasteiger partial charge in [0.25, 0.3) is 17.1 Å². The zero-order chi connectivity index (χ0) is 31.1. The number of nitrogens with zero attached hydrogens (tertiary/aromatic N) is 1. The smallest absolute Gasteiger partial charge is 0.294 e. The Bertz CT molecular complexity index is 1620. The lowest BCUT2D eigenvalue weighted by molar-refractivity contribution is -0.127. The molecule has 1 saturated heterocycles. The molecule has 0 atom stereocenters. The van der Waals surface area contributed by atoms with Crippen LogP contribution in [0.5, 0.6) is 28.7 Å². The number of carbonyl (C=O) groups excluding carboxylic acids is 4. The van der Waals surface area contributed by atoms with Crippen molar-refractivity contribution >= 4 is 52.2 Å². The molecule has 2 aliphatic rings. The van der Waals surface area contributed by atoms with E-state index in [-0.39, 0.29) is 11.5 Å². The van der Waals surface area contributed by atoms with Gasteiger partial charge in [0.05, 0.1) is 24.3 Å². The molecule has 0 radical (unpaired) electrons. The number of imide groups is 1. The van der Waals surface area contributed by atoms with Gasteiger partial charge >= 0.3 is 0 Å². The lowest BCUT2D eigenvalue weighted by Crippen LogP contribution is -2.36. The number of anilines is 2. The average Bonchev–Trinajstić information content (AvgIpc) is 3.28. The highest BCUT2D eigenvalue weighted by atomic mass is 32.2. The molecule has 228 valence electrons. The van der Waals surface area contributed by atoms with Gasteiger partial charge in [-0.3, -0.25) is 24.1 Å². The maximum Gasteiger partial charge on any atom is 0.294 e. The van der Waals surface area contributed by atoms with Gasteiger partial charge in [-0.1, -0.05) is 18.2 Å². The second-order valence-electron chi connectivity index (χ2n) is 9.35. The van der Waals surface area contributed by atoms with E-state index in [1.807, 2.05) is 13.0 Å². The van der Waals surface area contributed by atoms with Crippen LogP contribution in [0.4, 0.5) is 16.2 Å². The molecule has 2 aliphatic heterocycles. The zero-order valence-electron chi connectivity index (χ0n) is 23.9. The Hall–Kier alpha value is -5.17. The van der Waals surface area contributed by atoms with E-state index in [0.29, 0.717) is 65.5 Å². The maximum absolute atomic E-state index is 13.0. The largest absolute Gasteiger partial charge is 0.493 e. The van der Waals surface area contributed by atoms with Crippen LogP contribution in [-0.4, -0.2) is 67.9 Å². The third-order valence-corrected chi connectivity index (χ3v) is 7.21. The van der Waals surface area contributed by atoms with E-state index >= 15 is 0 Å². The van der Waals surface area contributed by atoms with E-state index in [0.717, 1.165) is 16.7 Å². The number of carbonyl (C=O) groups is 4. The Balaban J connectivity index is 1.19. The Labute approximate surface area is 257 Å². The Morgan fingerprint density at radius 3 is 2.50 bits per heavy atom. The molecule has 0 bridgehead atoms. The SMILES string of the molecule is CCOc1ccccc1NC(=O)COc1ccc(/C=C2/SC(=O)N(CC(=O)Nc3ccc4c(c3)OCCO4)C2=O)cc1OC. The van der Waals surface area contributed by atoms with Gasteiger partial charge < -0.3 is 34.3 Å². The van der Waals surface area contributed by atoms with Gasteiger partial charge in [0.15, 0.2) is 29.6 Å². The minimum absolute atomic E-state index is 0.144. The first kappa shape index (κ1) is 30.3. The van der Waals surface area contributed by atoms with E-state index in [1.54, 1.807) is 54.6 Å². The number of benzene rings is 3. The van der Waals surface area contributed by atoms with E-state index in [9.17, 15) is 19.2 Å². The van der Waals surface area contributed by atoms with Crippen molar-refractivity contribution in [1.82, 2.24) is 4.90 Å². The van der Waals surface area contributed by atoms with Gasteiger partial charge in [0.2, 0.25) is 5.91 Å². The summed E-state index contributed by atoms with van der Waals surface area (Å²) >= 11 is 0.728. The summed E-state index contributed by atoms with van der Waals surface area (Å²) in [6, 6.07) is 16.9. The molecule has 0 saturated carbocycles. The van der Waals surface area contributed by atoms with Gasteiger partial charge in [-0.2, -0.15) is 0 Å². The summed E-state index contributed by atoms with van der Waals surface area (Å²) in [5, 5.41) is 4.87. The van der Waals surface area contributed by atoms with Crippen molar-refractivity contribution < 1.29 is 42.9 Å². The summed E-state index contributed by atoms with van der Waals surface area (Å²) in [4.78, 5) is 51.8. The van der Waals surface area contributed by atoms with Crippen LogP contribution in [0.3, 0.4) is 0 Å². The Kier molecular flexibility index (Phi) is 9.55. The summed E-state index contributed by atoms with van der Waals surface area (Å²) in [6.07, 6.45) is 1.52. The molecule has 12 nitrogen and oxygen atoms in total. The molecule has 0 unspecified atom stereocenters. The second-order valence-corrected chi connectivity index (χ2v) is 10.3. The fraction of sp³-hybridized carbons (Fsp3) is 0.226. The van der Waals surface area contributed by atoms with Crippen molar-refractivity contribution in [2.75, 3.05) is 50.7 Å². The third kappa shape index (κ3) is 7.24. The molecule has 13 heteroatoms. The van der Waals surface area contributed by atoms with Gasteiger partial charge in [0, 0.05) is 11.8 Å². The number of fused-ring (bicyclic) bond motifs is 1. The lowest BCUT2D eigenvalue weighted by atomic mass is 10.2. The van der Waals surface area contributed by atoms with Crippen molar-refractivity contribution in [3.8, 4) is 28.7 Å². The molecule has 2 N–H and O–H groups in total. The van der Waals surface area contributed by atoms with Crippen LogP contribution in [0.25, 0.3) is 6.08 Å². The van der Waals surface area contributed by atoms with Crippen LogP contribution < -0.4 is 34.3 Å². The number of methoxy groups -OCH3 is 1. The minimum atomic E-state index is -0.597. The first-order chi connectivity index (χ1) is 21.3. The van der Waals surface area contributed by atoms with E-state index in [1.165, 1.54) is 13.2 Å². The molecule has 3 aromatic carbocycles. The molecule has 0 aromatic heterocycles. The van der Waals surface area contributed by atoms with Crippen molar-refractivity contribution in [2.24, 2.45) is 0 Å². The van der Waals surface area contributed by atoms with Crippen LogP contribution >= 0.6 is 11.8 Å². The lowest BCUT2D eigenvalue weighted by Gasteiger charge is -2.19. The summed E-state index contributed by atoms with van der Waals surface area (Å²) in [5.41, 5.74) is 1.53. The van der Waals surface area contributed by atoms with Crippen LogP contribution in [0.15, 0.2) is 65.6 Å². The molecule has 1 fully saturated rings. The minimum Gasteiger partial charge on any atom is -0.493 e. The molecular formula is C31H29N3O9S. The average molecular weight is 620 g/mol. The highest BCUT2D eigenvalue weighted by Crippen LogP contribution is 2.35. The van der Waals surface area contributed by atoms with Crippen molar-refractivity contribution in [3.05, 3.63) is 71.1 Å². The van der Waals surface area contributed by atoms with Gasteiger partial charge in [-0.25, -0.2) is 0 Å². The molecule has 5 rings (SSSR count). The van der Waals surface area contributed by atoms with E-state index in [4.69, 9.17) is 23.7 Å². The fourth-order valence-electron chi connectivity index (χ4n) is 4.33. The quantitative estimate of drug-likeness (QED) is 0.294. The highest BCUT2D eigenvalue weighted by Gasteiger charge is 2.36. The Morgan fingerprint density at radius 2 is 1.70 bits per heavy atom. The summed E-state index contributed by atoms with van der Waals surface area (Å²) in [6.45, 7) is 2.41. The number of thioether (sulfide) groups is 1. The zero-order valence-corrected chi connectivity index (χ0v) is 24.7. The van der Waals surface area contributed by atoms with Crippen LogP contribution in [-0.2, 0) is 14.4 Å². The number of hydrogen-bond donors (Lipinski definition) is 2. The van der Waals surface area contributed by atoms with Gasteiger partial charge in [-0.05, 0) is 66.7 Å². The molecule has 0 aliphatic carbocycles. The number of hydrogen-bond acceptors (Lipinski definition) is 10. The van der Waals surface area contributed by atoms with Crippen LogP contribution in [0.1, 0.15) is 12.5 Å². The first-order valence-electron chi connectivity index (χ1n) is 13.6. The fourth-order valence-corrected chi connectivity index (χ4v) is 5.17. The third-order valence-electron chi connectivity index (χ3n) is 6.31. The number of ether oxygens (including phenoxy) is 5. The predicted molar refractivity (Wildman–Crippen MR) is 163 cm³/mol. The Morgan fingerprint density at radius 1 is 0.909 bits per heavy atom.